The number of nitrogens with zero attached hydrogens (tertiary/aromatic N) is 2. The zero-order valence-electron chi connectivity index (χ0n) is 6.66. The van der Waals surface area contributed by atoms with Crippen molar-refractivity contribution in [3.05, 3.63) is 41.2 Å². The van der Waals surface area contributed by atoms with Crippen molar-refractivity contribution in [1.29, 1.82) is 5.26 Å². The van der Waals surface area contributed by atoms with Crippen LogP contribution in [0.2, 0.25) is 5.02 Å². The molecule has 2 nitrogen and oxygen atoms in total. The molecule has 2 rings (SSSR count). The Morgan fingerprint density at radius 1 is 1.31 bits per heavy atom. The maximum Gasteiger partial charge on any atom is 0.0998 e. The molecule has 1 aromatic carbocycles. The van der Waals surface area contributed by atoms with Crippen LogP contribution in [0.3, 0.4) is 0 Å². The van der Waals surface area contributed by atoms with Gasteiger partial charge in [-0.15, -0.1) is 0 Å². The number of aromatic nitrogens is 1. The van der Waals surface area contributed by atoms with Crippen LogP contribution in [0.1, 0.15) is 5.56 Å². The van der Waals surface area contributed by atoms with Crippen molar-refractivity contribution in [3.8, 4) is 6.07 Å². The van der Waals surface area contributed by atoms with Gasteiger partial charge in [0.25, 0.3) is 0 Å². The van der Waals surface area contributed by atoms with Crippen LogP contribution in [-0.4, -0.2) is 4.98 Å². The summed E-state index contributed by atoms with van der Waals surface area (Å²) in [6.07, 6.45) is 3.24. The molecule has 1 heterocycles. The van der Waals surface area contributed by atoms with E-state index in [4.69, 9.17) is 16.9 Å². The summed E-state index contributed by atoms with van der Waals surface area (Å²) in [5.74, 6) is 0. The van der Waals surface area contributed by atoms with Crippen LogP contribution >= 0.6 is 11.6 Å². The molecule has 62 valence electrons. The number of rotatable bonds is 0. The van der Waals surface area contributed by atoms with Crippen LogP contribution < -0.4 is 0 Å². The Bertz CT molecular complexity index is 494. The second-order valence-corrected chi connectivity index (χ2v) is 3.04. The zero-order chi connectivity index (χ0) is 9.26. The first-order chi connectivity index (χ1) is 6.33. The van der Waals surface area contributed by atoms with Gasteiger partial charge in [-0.1, -0.05) is 23.7 Å². The highest BCUT2D eigenvalue weighted by molar-refractivity contribution is 6.35. The van der Waals surface area contributed by atoms with Gasteiger partial charge < -0.3 is 0 Å². The molecule has 0 unspecified atom stereocenters. The Hall–Kier alpha value is -1.59. The van der Waals surface area contributed by atoms with E-state index in [-0.39, 0.29) is 0 Å². The predicted molar refractivity (Wildman–Crippen MR) is 51.5 cm³/mol. The van der Waals surface area contributed by atoms with E-state index in [0.29, 0.717) is 10.6 Å². The van der Waals surface area contributed by atoms with E-state index in [1.807, 2.05) is 12.1 Å². The van der Waals surface area contributed by atoms with E-state index in [1.165, 1.54) is 0 Å². The average Bonchev–Trinajstić information content (AvgIpc) is 2.17. The van der Waals surface area contributed by atoms with Crippen LogP contribution in [0.25, 0.3) is 10.8 Å². The van der Waals surface area contributed by atoms with Crippen molar-refractivity contribution in [3.63, 3.8) is 0 Å². The van der Waals surface area contributed by atoms with Crippen LogP contribution in [0.4, 0.5) is 0 Å². The number of hydrogen-bond donors (Lipinski definition) is 0. The summed E-state index contributed by atoms with van der Waals surface area (Å²) in [6, 6.07) is 7.55. The van der Waals surface area contributed by atoms with Crippen molar-refractivity contribution in [2.24, 2.45) is 0 Å². The van der Waals surface area contributed by atoms with Gasteiger partial charge in [0.2, 0.25) is 0 Å². The summed E-state index contributed by atoms with van der Waals surface area (Å²) < 4.78 is 0. The van der Waals surface area contributed by atoms with E-state index >= 15 is 0 Å². The molecule has 2 aromatic rings. The Kier molecular flexibility index (Phi) is 1.88. The van der Waals surface area contributed by atoms with Crippen LogP contribution in [-0.2, 0) is 0 Å². The Morgan fingerprint density at radius 2 is 2.15 bits per heavy atom. The predicted octanol–water partition coefficient (Wildman–Crippen LogP) is 2.76. The number of benzene rings is 1. The number of hydrogen-bond acceptors (Lipinski definition) is 2. The monoisotopic (exact) mass is 188 g/mol. The van der Waals surface area contributed by atoms with Gasteiger partial charge in [-0.2, -0.15) is 5.26 Å². The van der Waals surface area contributed by atoms with Gasteiger partial charge in [0.05, 0.1) is 16.7 Å². The van der Waals surface area contributed by atoms with E-state index in [1.54, 1.807) is 18.5 Å². The van der Waals surface area contributed by atoms with Crippen molar-refractivity contribution in [1.82, 2.24) is 4.98 Å². The molecule has 0 amide bonds. The molecule has 0 aliphatic heterocycles. The van der Waals surface area contributed by atoms with E-state index in [0.717, 1.165) is 10.8 Å². The largest absolute Gasteiger partial charge is 0.263 e. The Morgan fingerprint density at radius 3 is 2.92 bits per heavy atom. The van der Waals surface area contributed by atoms with Crippen LogP contribution in [0.15, 0.2) is 30.6 Å². The second-order valence-electron chi connectivity index (χ2n) is 2.64. The normalized spacial score (nSPS) is 9.85. The maximum atomic E-state index is 8.83. The third-order valence-electron chi connectivity index (χ3n) is 1.86. The Labute approximate surface area is 80.4 Å². The van der Waals surface area contributed by atoms with Gasteiger partial charge in [0.15, 0.2) is 0 Å². The molecule has 0 spiro atoms. The van der Waals surface area contributed by atoms with Gasteiger partial charge in [0.1, 0.15) is 0 Å². The fourth-order valence-electron chi connectivity index (χ4n) is 1.29. The van der Waals surface area contributed by atoms with Gasteiger partial charge >= 0.3 is 0 Å². The molecule has 0 saturated heterocycles. The molecule has 0 atom stereocenters. The first-order valence-corrected chi connectivity index (χ1v) is 4.13. The number of fused-ring (bicyclic) bond motifs is 1. The fraction of sp³-hybridized carbons (Fsp3) is 0. The average molecular weight is 189 g/mol. The lowest BCUT2D eigenvalue weighted by molar-refractivity contribution is 1.36. The highest BCUT2D eigenvalue weighted by Crippen LogP contribution is 2.24. The molecule has 13 heavy (non-hydrogen) atoms. The molecule has 0 fully saturated rings. The molecule has 0 bridgehead atoms. The van der Waals surface area contributed by atoms with Gasteiger partial charge in [-0.3, -0.25) is 4.98 Å². The van der Waals surface area contributed by atoms with Gasteiger partial charge in [-0.25, -0.2) is 0 Å². The zero-order valence-corrected chi connectivity index (χ0v) is 7.42. The lowest BCUT2D eigenvalue weighted by Gasteiger charge is -2.00. The lowest BCUT2D eigenvalue weighted by atomic mass is 10.1. The minimum absolute atomic E-state index is 0.523. The summed E-state index contributed by atoms with van der Waals surface area (Å²) in [7, 11) is 0. The second kappa shape index (κ2) is 3.04. The van der Waals surface area contributed by atoms with E-state index < -0.39 is 0 Å². The molecule has 0 aliphatic carbocycles. The molecule has 0 radical (unpaired) electrons. The number of pyridine rings is 1. The minimum atomic E-state index is 0.523. The van der Waals surface area contributed by atoms with E-state index in [9.17, 15) is 0 Å². The first-order valence-electron chi connectivity index (χ1n) is 3.75. The quantitative estimate of drug-likeness (QED) is 0.638. The maximum absolute atomic E-state index is 8.83. The van der Waals surface area contributed by atoms with Gasteiger partial charge in [-0.05, 0) is 6.07 Å². The smallest absolute Gasteiger partial charge is 0.0998 e. The van der Waals surface area contributed by atoms with Crippen molar-refractivity contribution in [2.75, 3.05) is 0 Å². The summed E-state index contributed by atoms with van der Waals surface area (Å²) >= 11 is 5.93. The highest BCUT2D eigenvalue weighted by atomic mass is 35.5. The molecule has 0 aliphatic rings. The van der Waals surface area contributed by atoms with Crippen molar-refractivity contribution in [2.45, 2.75) is 0 Å². The summed E-state index contributed by atoms with van der Waals surface area (Å²) in [4.78, 5) is 3.95. The molecule has 0 saturated carbocycles. The first kappa shape index (κ1) is 8.03. The standard InChI is InChI=1S/C10H5ClN2/c11-9-6-13-5-8-3-1-2-7(4-12)10(8)9/h1-3,5-6H. The third-order valence-corrected chi connectivity index (χ3v) is 2.14. The molecule has 3 heteroatoms. The topological polar surface area (TPSA) is 36.7 Å². The highest BCUT2D eigenvalue weighted by Gasteiger charge is 2.03. The minimum Gasteiger partial charge on any atom is -0.263 e. The SMILES string of the molecule is N#Cc1cccc2cncc(Cl)c12. The van der Waals surface area contributed by atoms with Crippen LogP contribution in [0, 0.1) is 11.3 Å². The number of halogens is 1. The van der Waals surface area contributed by atoms with Crippen LogP contribution in [0.5, 0.6) is 0 Å². The molecular weight excluding hydrogens is 184 g/mol. The molecule has 1 aromatic heterocycles. The summed E-state index contributed by atoms with van der Waals surface area (Å²) in [5.41, 5.74) is 0.588. The van der Waals surface area contributed by atoms with Gasteiger partial charge in [0, 0.05) is 23.2 Å². The molecule has 0 N–H and O–H groups in total. The summed E-state index contributed by atoms with van der Waals surface area (Å²) in [6.45, 7) is 0. The fourth-order valence-corrected chi connectivity index (χ4v) is 1.55. The van der Waals surface area contributed by atoms with Crippen molar-refractivity contribution >= 4 is 22.4 Å². The third kappa shape index (κ3) is 1.24. The lowest BCUT2D eigenvalue weighted by Crippen LogP contribution is -1.82. The summed E-state index contributed by atoms with van der Waals surface area (Å²) in [5, 5.41) is 11.0. The molecular formula is C10H5ClN2. The number of nitriles is 1. The Balaban J connectivity index is 2.97. The van der Waals surface area contributed by atoms with E-state index in [2.05, 4.69) is 11.1 Å². The van der Waals surface area contributed by atoms with Crippen molar-refractivity contribution < 1.29 is 0 Å².